The molecule has 0 bridgehead atoms. The molecule has 0 aliphatic rings. The molecule has 0 fully saturated rings. The first-order valence-electron chi connectivity index (χ1n) is 5.56. The van der Waals surface area contributed by atoms with Crippen LogP contribution in [-0.2, 0) is 10.0 Å². The van der Waals surface area contributed by atoms with E-state index < -0.39 is 10.0 Å². The maximum Gasteiger partial charge on any atom is 0.241 e. The Bertz CT molecular complexity index is 564. The molecule has 1 N–H and O–H groups in total. The molecule has 0 spiro atoms. The van der Waals surface area contributed by atoms with Crippen LogP contribution in [0.25, 0.3) is 0 Å². The van der Waals surface area contributed by atoms with Crippen molar-refractivity contribution in [3.8, 4) is 6.07 Å². The highest BCUT2D eigenvalue weighted by atomic mass is 35.5. The average Bonchev–Trinajstić information content (AvgIpc) is 2.27. The van der Waals surface area contributed by atoms with Crippen LogP contribution < -0.4 is 4.72 Å². The standard InChI is InChI=1S/C12H15ClN2O2S/c1-3-11(6-7-14)15-18(16,17)12-5-4-10(13)8-9(12)2/h4-5,8,11,15H,3,6H2,1-2H3. The predicted octanol–water partition coefficient (Wildman–Crippen LogP) is 2.62. The summed E-state index contributed by atoms with van der Waals surface area (Å²) in [5, 5.41) is 9.12. The van der Waals surface area contributed by atoms with E-state index in [1.54, 1.807) is 13.0 Å². The fourth-order valence-corrected chi connectivity index (χ4v) is 3.35. The Balaban J connectivity index is 3.03. The fourth-order valence-electron chi connectivity index (χ4n) is 1.58. The summed E-state index contributed by atoms with van der Waals surface area (Å²) in [5.74, 6) is 0. The first kappa shape index (κ1) is 15.0. The summed E-state index contributed by atoms with van der Waals surface area (Å²) in [7, 11) is -3.60. The normalized spacial score (nSPS) is 13.0. The van der Waals surface area contributed by atoms with Gasteiger partial charge in [0.05, 0.1) is 17.4 Å². The third-order valence-corrected chi connectivity index (χ3v) is 4.49. The molecule has 0 aliphatic heterocycles. The van der Waals surface area contributed by atoms with Gasteiger partial charge in [0.15, 0.2) is 0 Å². The number of hydrogen-bond donors (Lipinski definition) is 1. The van der Waals surface area contributed by atoms with Gasteiger partial charge < -0.3 is 0 Å². The lowest BCUT2D eigenvalue weighted by Crippen LogP contribution is -2.34. The highest BCUT2D eigenvalue weighted by Crippen LogP contribution is 2.20. The van der Waals surface area contributed by atoms with Crippen LogP contribution >= 0.6 is 11.6 Å². The lowest BCUT2D eigenvalue weighted by atomic mass is 10.2. The fraction of sp³-hybridized carbons (Fsp3) is 0.417. The monoisotopic (exact) mass is 286 g/mol. The van der Waals surface area contributed by atoms with Crippen molar-refractivity contribution in [3.05, 3.63) is 28.8 Å². The van der Waals surface area contributed by atoms with E-state index >= 15 is 0 Å². The molecule has 1 atom stereocenters. The predicted molar refractivity (Wildman–Crippen MR) is 70.8 cm³/mol. The number of nitriles is 1. The first-order valence-corrected chi connectivity index (χ1v) is 7.42. The summed E-state index contributed by atoms with van der Waals surface area (Å²) in [6.07, 6.45) is 0.724. The van der Waals surface area contributed by atoms with Gasteiger partial charge >= 0.3 is 0 Å². The second-order valence-corrected chi connectivity index (χ2v) is 6.12. The number of nitrogens with one attached hydrogen (secondary N) is 1. The van der Waals surface area contributed by atoms with Crippen molar-refractivity contribution in [1.29, 1.82) is 5.26 Å². The second-order valence-electron chi connectivity index (χ2n) is 4.00. The molecule has 1 aromatic carbocycles. The lowest BCUT2D eigenvalue weighted by Gasteiger charge is -2.15. The van der Waals surface area contributed by atoms with Gasteiger partial charge in [0.1, 0.15) is 0 Å². The van der Waals surface area contributed by atoms with Crippen molar-refractivity contribution >= 4 is 21.6 Å². The Morgan fingerprint density at radius 3 is 2.67 bits per heavy atom. The topological polar surface area (TPSA) is 70.0 Å². The van der Waals surface area contributed by atoms with E-state index in [-0.39, 0.29) is 17.4 Å². The second kappa shape index (κ2) is 6.19. The maximum atomic E-state index is 12.1. The van der Waals surface area contributed by atoms with Gasteiger partial charge in [-0.2, -0.15) is 5.26 Å². The van der Waals surface area contributed by atoms with Crippen LogP contribution in [0.4, 0.5) is 0 Å². The first-order chi connectivity index (χ1) is 8.40. The summed E-state index contributed by atoms with van der Waals surface area (Å²) >= 11 is 5.79. The van der Waals surface area contributed by atoms with Gasteiger partial charge in [-0.05, 0) is 37.1 Å². The van der Waals surface area contributed by atoms with Crippen molar-refractivity contribution in [2.45, 2.75) is 37.6 Å². The van der Waals surface area contributed by atoms with Crippen LogP contribution in [0, 0.1) is 18.3 Å². The van der Waals surface area contributed by atoms with Crippen molar-refractivity contribution in [3.63, 3.8) is 0 Å². The van der Waals surface area contributed by atoms with Crippen LogP contribution in [0.3, 0.4) is 0 Å². The third-order valence-electron chi connectivity index (χ3n) is 2.58. The van der Waals surface area contributed by atoms with Gasteiger partial charge in [-0.25, -0.2) is 13.1 Å². The van der Waals surface area contributed by atoms with E-state index in [1.807, 2.05) is 13.0 Å². The molecule has 0 aliphatic carbocycles. The Kier molecular flexibility index (Phi) is 5.15. The number of aryl methyl sites for hydroxylation is 1. The van der Waals surface area contributed by atoms with Crippen LogP contribution in [0.2, 0.25) is 5.02 Å². The number of rotatable bonds is 5. The number of sulfonamides is 1. The zero-order valence-corrected chi connectivity index (χ0v) is 11.8. The Labute approximate surface area is 113 Å². The van der Waals surface area contributed by atoms with Crippen LogP contribution in [0.1, 0.15) is 25.3 Å². The molecule has 4 nitrogen and oxygen atoms in total. The molecule has 0 saturated heterocycles. The van der Waals surface area contributed by atoms with Gasteiger partial charge in [0.2, 0.25) is 10.0 Å². The molecule has 1 unspecified atom stereocenters. The van der Waals surface area contributed by atoms with Crippen LogP contribution in [0.5, 0.6) is 0 Å². The summed E-state index contributed by atoms with van der Waals surface area (Å²) in [4.78, 5) is 0.197. The summed E-state index contributed by atoms with van der Waals surface area (Å²) in [6, 6.07) is 6.21. The molecule has 0 amide bonds. The molecule has 1 rings (SSSR count). The van der Waals surface area contributed by atoms with Crippen LogP contribution in [0.15, 0.2) is 23.1 Å². The van der Waals surface area contributed by atoms with Gasteiger partial charge in [-0.3, -0.25) is 0 Å². The van der Waals surface area contributed by atoms with Crippen molar-refractivity contribution < 1.29 is 8.42 Å². The molecule has 18 heavy (non-hydrogen) atoms. The summed E-state index contributed by atoms with van der Waals surface area (Å²) in [5.41, 5.74) is 0.585. The molecule has 0 aromatic heterocycles. The highest BCUT2D eigenvalue weighted by Gasteiger charge is 2.20. The molecule has 0 radical (unpaired) electrons. The number of nitrogens with zero attached hydrogens (tertiary/aromatic N) is 1. The molecule has 98 valence electrons. The molecular weight excluding hydrogens is 272 g/mol. The molecule has 0 heterocycles. The quantitative estimate of drug-likeness (QED) is 0.904. The van der Waals surface area contributed by atoms with Gasteiger partial charge in [-0.1, -0.05) is 18.5 Å². The minimum atomic E-state index is -3.60. The van der Waals surface area contributed by atoms with E-state index in [0.29, 0.717) is 17.0 Å². The number of hydrogen-bond acceptors (Lipinski definition) is 3. The van der Waals surface area contributed by atoms with Crippen molar-refractivity contribution in [1.82, 2.24) is 4.72 Å². The third kappa shape index (κ3) is 3.70. The minimum Gasteiger partial charge on any atom is -0.207 e. The zero-order valence-electron chi connectivity index (χ0n) is 10.3. The molecule has 1 aromatic rings. The molecule has 0 saturated carbocycles. The zero-order chi connectivity index (χ0) is 13.8. The molecule has 6 heteroatoms. The van der Waals surface area contributed by atoms with Crippen molar-refractivity contribution in [2.75, 3.05) is 0 Å². The van der Waals surface area contributed by atoms with E-state index in [1.165, 1.54) is 12.1 Å². The van der Waals surface area contributed by atoms with Gasteiger partial charge in [0, 0.05) is 11.1 Å². The minimum absolute atomic E-state index is 0.155. The average molecular weight is 287 g/mol. The Hall–Kier alpha value is -1.09. The molecular formula is C12H15ClN2O2S. The van der Waals surface area contributed by atoms with E-state index in [2.05, 4.69) is 4.72 Å². The van der Waals surface area contributed by atoms with Gasteiger partial charge in [0.25, 0.3) is 0 Å². The summed E-state index contributed by atoms with van der Waals surface area (Å²) < 4.78 is 26.8. The number of benzene rings is 1. The number of halogens is 1. The summed E-state index contributed by atoms with van der Waals surface area (Å²) in [6.45, 7) is 3.52. The highest BCUT2D eigenvalue weighted by molar-refractivity contribution is 7.89. The van der Waals surface area contributed by atoms with E-state index in [0.717, 1.165) is 0 Å². The van der Waals surface area contributed by atoms with E-state index in [4.69, 9.17) is 16.9 Å². The Morgan fingerprint density at radius 2 is 2.17 bits per heavy atom. The maximum absolute atomic E-state index is 12.1. The lowest BCUT2D eigenvalue weighted by molar-refractivity contribution is 0.542. The SMILES string of the molecule is CCC(CC#N)NS(=O)(=O)c1ccc(Cl)cc1C. The Morgan fingerprint density at radius 1 is 1.50 bits per heavy atom. The van der Waals surface area contributed by atoms with Crippen LogP contribution in [-0.4, -0.2) is 14.5 Å². The largest absolute Gasteiger partial charge is 0.241 e. The smallest absolute Gasteiger partial charge is 0.207 e. The van der Waals surface area contributed by atoms with Gasteiger partial charge in [-0.15, -0.1) is 0 Å². The van der Waals surface area contributed by atoms with E-state index in [9.17, 15) is 8.42 Å². The van der Waals surface area contributed by atoms with Crippen molar-refractivity contribution in [2.24, 2.45) is 0 Å².